The van der Waals surface area contributed by atoms with E-state index >= 15 is 0 Å². The topological polar surface area (TPSA) is 64.9 Å². The van der Waals surface area contributed by atoms with Gasteiger partial charge in [-0.1, -0.05) is 49.2 Å². The Bertz CT molecular complexity index is 568. The molecule has 0 bridgehead atoms. The van der Waals surface area contributed by atoms with Gasteiger partial charge in [-0.05, 0) is 24.8 Å². The Hall–Kier alpha value is -1.68. The molecule has 20 heavy (non-hydrogen) atoms. The zero-order valence-corrected chi connectivity index (χ0v) is 11.9. The van der Waals surface area contributed by atoms with Crippen molar-refractivity contribution < 1.29 is 4.52 Å². The number of hydrogen-bond donors (Lipinski definition) is 1. The van der Waals surface area contributed by atoms with Crippen molar-refractivity contribution in [1.82, 2.24) is 10.1 Å². The molecule has 4 nitrogen and oxygen atoms in total. The normalized spacial score (nSPS) is 17.5. The summed E-state index contributed by atoms with van der Waals surface area (Å²) in [7, 11) is 0. The summed E-state index contributed by atoms with van der Waals surface area (Å²) in [6.45, 7) is 2.14. The lowest BCUT2D eigenvalue weighted by atomic mass is 9.95. The summed E-state index contributed by atoms with van der Waals surface area (Å²) in [5.41, 5.74) is 8.51. The molecule has 0 unspecified atom stereocenters. The molecule has 1 aliphatic rings. The second kappa shape index (κ2) is 5.37. The van der Waals surface area contributed by atoms with Crippen LogP contribution in [0.25, 0.3) is 11.4 Å². The van der Waals surface area contributed by atoms with E-state index < -0.39 is 0 Å². The van der Waals surface area contributed by atoms with E-state index in [2.05, 4.69) is 29.2 Å². The van der Waals surface area contributed by atoms with Crippen LogP contribution in [0.15, 0.2) is 28.8 Å². The van der Waals surface area contributed by atoms with Crippen LogP contribution in [-0.2, 0) is 12.8 Å². The molecule has 4 heteroatoms. The third-order valence-electron chi connectivity index (χ3n) is 4.19. The Morgan fingerprint density at radius 1 is 1.20 bits per heavy atom. The number of nitrogens with two attached hydrogens (primary N) is 1. The van der Waals surface area contributed by atoms with Crippen molar-refractivity contribution in [3.8, 4) is 11.4 Å². The quantitative estimate of drug-likeness (QED) is 0.928. The van der Waals surface area contributed by atoms with Gasteiger partial charge in [-0.3, -0.25) is 0 Å². The fraction of sp³-hybridized carbons (Fsp3) is 0.500. The Morgan fingerprint density at radius 2 is 1.90 bits per heavy atom. The van der Waals surface area contributed by atoms with Crippen LogP contribution in [0.4, 0.5) is 0 Å². The van der Waals surface area contributed by atoms with Gasteiger partial charge in [0, 0.05) is 17.5 Å². The van der Waals surface area contributed by atoms with Gasteiger partial charge in [0.1, 0.15) is 0 Å². The van der Waals surface area contributed by atoms with E-state index in [-0.39, 0.29) is 5.54 Å². The second-order valence-electron chi connectivity index (χ2n) is 5.81. The minimum absolute atomic E-state index is 0.143. The van der Waals surface area contributed by atoms with Crippen molar-refractivity contribution in [3.05, 3.63) is 35.7 Å². The molecule has 0 saturated heterocycles. The number of hydrogen-bond acceptors (Lipinski definition) is 4. The summed E-state index contributed by atoms with van der Waals surface area (Å²) in [5, 5.41) is 4.07. The van der Waals surface area contributed by atoms with E-state index in [1.54, 1.807) is 0 Å². The van der Waals surface area contributed by atoms with E-state index in [9.17, 15) is 0 Å². The van der Waals surface area contributed by atoms with Crippen LogP contribution in [0.2, 0.25) is 0 Å². The van der Waals surface area contributed by atoms with Crippen molar-refractivity contribution in [3.63, 3.8) is 0 Å². The molecular weight excluding hydrogens is 250 g/mol. The molecule has 1 aromatic carbocycles. The second-order valence-corrected chi connectivity index (χ2v) is 5.81. The molecule has 0 amide bonds. The first-order valence-corrected chi connectivity index (χ1v) is 7.39. The lowest BCUT2D eigenvalue weighted by molar-refractivity contribution is 0.329. The number of aromatic nitrogens is 2. The molecule has 0 radical (unpaired) electrons. The van der Waals surface area contributed by atoms with Gasteiger partial charge in [0.2, 0.25) is 11.7 Å². The summed E-state index contributed by atoms with van der Waals surface area (Å²) < 4.78 is 5.36. The van der Waals surface area contributed by atoms with Crippen LogP contribution >= 0.6 is 0 Å². The van der Waals surface area contributed by atoms with Crippen LogP contribution in [-0.4, -0.2) is 15.7 Å². The highest BCUT2D eigenvalue weighted by Gasteiger charge is 2.31. The minimum atomic E-state index is -0.143. The number of nitrogens with zero attached hydrogens (tertiary/aromatic N) is 2. The Labute approximate surface area is 119 Å². The van der Waals surface area contributed by atoms with Crippen molar-refractivity contribution in [2.45, 2.75) is 51.0 Å². The summed E-state index contributed by atoms with van der Waals surface area (Å²) in [6, 6.07) is 8.29. The molecule has 2 N–H and O–H groups in total. The van der Waals surface area contributed by atoms with E-state index in [1.807, 2.05) is 12.1 Å². The molecule has 1 aromatic heterocycles. The number of rotatable bonds is 4. The lowest BCUT2D eigenvalue weighted by Gasteiger charge is -2.20. The first-order chi connectivity index (χ1) is 9.68. The zero-order chi connectivity index (χ0) is 14.0. The summed E-state index contributed by atoms with van der Waals surface area (Å²) in [6.07, 6.45) is 6.23. The zero-order valence-electron chi connectivity index (χ0n) is 11.9. The Balaban J connectivity index is 1.75. The van der Waals surface area contributed by atoms with Gasteiger partial charge in [0.25, 0.3) is 0 Å². The molecule has 3 rings (SSSR count). The first kappa shape index (κ1) is 13.3. The monoisotopic (exact) mass is 271 g/mol. The first-order valence-electron chi connectivity index (χ1n) is 7.39. The average molecular weight is 271 g/mol. The fourth-order valence-corrected chi connectivity index (χ4v) is 2.89. The minimum Gasteiger partial charge on any atom is -0.339 e. The van der Waals surface area contributed by atoms with Crippen molar-refractivity contribution in [1.29, 1.82) is 0 Å². The Kier molecular flexibility index (Phi) is 3.57. The number of aryl methyl sites for hydroxylation is 1. The van der Waals surface area contributed by atoms with Gasteiger partial charge in [-0.15, -0.1) is 0 Å². The molecule has 106 valence electrons. The van der Waals surface area contributed by atoms with Crippen molar-refractivity contribution in [2.75, 3.05) is 0 Å². The maximum absolute atomic E-state index is 6.35. The lowest BCUT2D eigenvalue weighted by Crippen LogP contribution is -2.38. The van der Waals surface area contributed by atoms with Crippen molar-refractivity contribution >= 4 is 0 Å². The third kappa shape index (κ3) is 2.75. The molecule has 0 aliphatic heterocycles. The smallest absolute Gasteiger partial charge is 0.228 e. The highest BCUT2D eigenvalue weighted by Crippen LogP contribution is 2.30. The van der Waals surface area contributed by atoms with Crippen LogP contribution in [0.3, 0.4) is 0 Å². The fourth-order valence-electron chi connectivity index (χ4n) is 2.89. The summed E-state index contributed by atoms with van der Waals surface area (Å²) in [5.74, 6) is 1.31. The van der Waals surface area contributed by atoms with Gasteiger partial charge in [0.05, 0.1) is 0 Å². The van der Waals surface area contributed by atoms with E-state index in [4.69, 9.17) is 10.3 Å². The summed E-state index contributed by atoms with van der Waals surface area (Å²) >= 11 is 0. The predicted octanol–water partition coefficient (Wildman–Crippen LogP) is 3.11. The average Bonchev–Trinajstić information content (AvgIpc) is 3.09. The van der Waals surface area contributed by atoms with Gasteiger partial charge in [-0.25, -0.2) is 0 Å². The van der Waals surface area contributed by atoms with Crippen LogP contribution < -0.4 is 5.73 Å². The molecule has 0 spiro atoms. The highest BCUT2D eigenvalue weighted by molar-refractivity contribution is 5.54. The van der Waals surface area contributed by atoms with Gasteiger partial charge >= 0.3 is 0 Å². The van der Waals surface area contributed by atoms with Crippen LogP contribution in [0, 0.1) is 0 Å². The predicted molar refractivity (Wildman–Crippen MR) is 78.2 cm³/mol. The highest BCUT2D eigenvalue weighted by atomic mass is 16.5. The van der Waals surface area contributed by atoms with Crippen LogP contribution in [0.1, 0.15) is 44.1 Å². The maximum atomic E-state index is 6.35. The Morgan fingerprint density at radius 3 is 2.55 bits per heavy atom. The molecule has 1 heterocycles. The molecule has 1 saturated carbocycles. The third-order valence-corrected chi connectivity index (χ3v) is 4.19. The van der Waals surface area contributed by atoms with Gasteiger partial charge in [-0.2, -0.15) is 4.98 Å². The van der Waals surface area contributed by atoms with E-state index in [0.717, 1.165) is 24.8 Å². The SMILES string of the molecule is CCc1ccc(-c2noc(CC3(N)CCCC3)n2)cc1. The van der Waals surface area contributed by atoms with Gasteiger partial charge < -0.3 is 10.3 Å². The summed E-state index contributed by atoms with van der Waals surface area (Å²) in [4.78, 5) is 4.49. The van der Waals surface area contributed by atoms with Crippen molar-refractivity contribution in [2.24, 2.45) is 5.73 Å². The molecular formula is C16H21N3O. The number of benzene rings is 1. The molecule has 0 atom stereocenters. The van der Waals surface area contributed by atoms with Gasteiger partial charge in [0.15, 0.2) is 0 Å². The maximum Gasteiger partial charge on any atom is 0.228 e. The van der Waals surface area contributed by atoms with E-state index in [0.29, 0.717) is 18.1 Å². The molecule has 1 fully saturated rings. The standard InChI is InChI=1S/C16H21N3O/c1-2-12-5-7-13(8-6-12)15-18-14(20-19-15)11-16(17)9-3-4-10-16/h5-8H,2-4,9-11,17H2,1H3. The molecule has 2 aromatic rings. The van der Waals surface area contributed by atoms with E-state index in [1.165, 1.54) is 18.4 Å². The van der Waals surface area contributed by atoms with Crippen LogP contribution in [0.5, 0.6) is 0 Å². The molecule has 1 aliphatic carbocycles. The largest absolute Gasteiger partial charge is 0.339 e.